The van der Waals surface area contributed by atoms with Gasteiger partial charge in [0.15, 0.2) is 0 Å². The Labute approximate surface area is 120 Å². The number of halogens is 1. The van der Waals surface area contributed by atoms with Gasteiger partial charge in [0.05, 0.1) is 11.2 Å². The van der Waals surface area contributed by atoms with Crippen LogP contribution in [-0.4, -0.2) is 29.2 Å². The third-order valence-electron chi connectivity index (χ3n) is 3.54. The first-order valence-electron chi connectivity index (χ1n) is 7.11. The predicted octanol–water partition coefficient (Wildman–Crippen LogP) is 2.67. The molecule has 0 amide bonds. The molecule has 0 bridgehead atoms. The van der Waals surface area contributed by atoms with E-state index in [1.54, 1.807) is 12.1 Å². The van der Waals surface area contributed by atoms with Crippen LogP contribution in [0.15, 0.2) is 18.2 Å². The molecule has 2 rings (SSSR count). The molecule has 1 aliphatic heterocycles. The van der Waals surface area contributed by atoms with E-state index in [1.807, 2.05) is 0 Å². The zero-order valence-electron chi connectivity index (χ0n) is 12.9. The zero-order valence-corrected chi connectivity index (χ0v) is 12.9. The first-order chi connectivity index (χ1) is 9.21. The number of rotatable bonds is 3. The minimum Gasteiger partial charge on any atom is -0.367 e. The summed E-state index contributed by atoms with van der Waals surface area (Å²) in [7, 11) is 0. The van der Waals surface area contributed by atoms with Gasteiger partial charge in [0.1, 0.15) is 5.82 Å². The van der Waals surface area contributed by atoms with E-state index >= 15 is 0 Å². The largest absolute Gasteiger partial charge is 0.367 e. The normalized spacial score (nSPS) is 21.9. The Kier molecular flexibility index (Phi) is 4.19. The van der Waals surface area contributed by atoms with Gasteiger partial charge in [-0.2, -0.15) is 0 Å². The first kappa shape index (κ1) is 15.4. The molecular formula is C16H25FN2O. The summed E-state index contributed by atoms with van der Waals surface area (Å²) in [5.74, 6) is -0.205. The molecule has 1 saturated heterocycles. The Morgan fingerprint density at radius 2 is 1.75 bits per heavy atom. The molecule has 0 atom stereocenters. The first-order valence-corrected chi connectivity index (χ1v) is 7.11. The number of nitrogens with zero attached hydrogens (tertiary/aromatic N) is 1. The number of nitrogens with two attached hydrogens (primary N) is 1. The molecule has 0 aliphatic carbocycles. The van der Waals surface area contributed by atoms with Gasteiger partial charge in [0.2, 0.25) is 0 Å². The minimum atomic E-state index is -0.205. The molecule has 1 aromatic carbocycles. The molecule has 0 spiro atoms. The minimum absolute atomic E-state index is 0.196. The fraction of sp³-hybridized carbons (Fsp3) is 0.625. The second kappa shape index (κ2) is 5.43. The lowest BCUT2D eigenvalue weighted by molar-refractivity contribution is -0.182. The van der Waals surface area contributed by atoms with Crippen LogP contribution in [0.4, 0.5) is 4.39 Å². The number of ether oxygens (including phenoxy) is 1. The Hall–Kier alpha value is -0.970. The summed E-state index contributed by atoms with van der Waals surface area (Å²) < 4.78 is 19.5. The van der Waals surface area contributed by atoms with E-state index in [9.17, 15) is 4.39 Å². The van der Waals surface area contributed by atoms with Gasteiger partial charge in [0.25, 0.3) is 0 Å². The van der Waals surface area contributed by atoms with Gasteiger partial charge in [-0.1, -0.05) is 6.07 Å². The van der Waals surface area contributed by atoms with Crippen molar-refractivity contribution in [1.29, 1.82) is 0 Å². The Balaban J connectivity index is 2.19. The Bertz CT molecular complexity index is 469. The maximum absolute atomic E-state index is 13.5. The van der Waals surface area contributed by atoms with Gasteiger partial charge in [-0.05, 0) is 51.0 Å². The van der Waals surface area contributed by atoms with Gasteiger partial charge >= 0.3 is 0 Å². The monoisotopic (exact) mass is 280 g/mol. The van der Waals surface area contributed by atoms with Crippen LogP contribution in [0.1, 0.15) is 38.8 Å². The van der Waals surface area contributed by atoms with E-state index in [-0.39, 0.29) is 17.0 Å². The molecule has 0 saturated carbocycles. The molecule has 1 aromatic rings. The molecule has 0 unspecified atom stereocenters. The van der Waals surface area contributed by atoms with Gasteiger partial charge < -0.3 is 10.5 Å². The van der Waals surface area contributed by atoms with Crippen molar-refractivity contribution in [2.24, 2.45) is 5.73 Å². The maximum atomic E-state index is 13.5. The lowest BCUT2D eigenvalue weighted by Gasteiger charge is -2.47. The molecular weight excluding hydrogens is 255 g/mol. The topological polar surface area (TPSA) is 38.5 Å². The summed E-state index contributed by atoms with van der Waals surface area (Å²) in [5, 5.41) is 0. The lowest BCUT2D eigenvalue weighted by atomic mass is 9.97. The second-order valence-corrected chi connectivity index (χ2v) is 6.88. The van der Waals surface area contributed by atoms with Crippen molar-refractivity contribution < 1.29 is 9.13 Å². The summed E-state index contributed by atoms with van der Waals surface area (Å²) in [5.41, 5.74) is 7.33. The van der Waals surface area contributed by atoms with Crippen LogP contribution >= 0.6 is 0 Å². The summed E-state index contributed by atoms with van der Waals surface area (Å²) in [4.78, 5) is 2.32. The van der Waals surface area contributed by atoms with E-state index in [0.29, 0.717) is 13.1 Å². The molecule has 0 aromatic heterocycles. The van der Waals surface area contributed by atoms with Crippen molar-refractivity contribution in [1.82, 2.24) is 4.90 Å². The molecule has 2 N–H and O–H groups in total. The molecule has 4 heteroatoms. The highest BCUT2D eigenvalue weighted by Crippen LogP contribution is 2.29. The molecule has 20 heavy (non-hydrogen) atoms. The zero-order chi connectivity index (χ0) is 15.0. The van der Waals surface area contributed by atoms with Gasteiger partial charge in [-0.3, -0.25) is 4.90 Å². The van der Waals surface area contributed by atoms with Gasteiger partial charge in [-0.25, -0.2) is 4.39 Å². The van der Waals surface area contributed by atoms with E-state index in [2.05, 4.69) is 32.6 Å². The molecule has 1 heterocycles. The van der Waals surface area contributed by atoms with Crippen molar-refractivity contribution in [3.63, 3.8) is 0 Å². The Morgan fingerprint density at radius 3 is 2.30 bits per heavy atom. The van der Waals surface area contributed by atoms with Gasteiger partial charge in [-0.15, -0.1) is 0 Å². The van der Waals surface area contributed by atoms with Crippen LogP contribution < -0.4 is 5.73 Å². The van der Waals surface area contributed by atoms with Crippen molar-refractivity contribution >= 4 is 0 Å². The van der Waals surface area contributed by atoms with Crippen LogP contribution in [0, 0.1) is 5.82 Å². The van der Waals surface area contributed by atoms with Crippen molar-refractivity contribution in [3.8, 4) is 0 Å². The van der Waals surface area contributed by atoms with E-state index in [1.165, 1.54) is 6.07 Å². The molecule has 3 nitrogen and oxygen atoms in total. The van der Waals surface area contributed by atoms with Crippen LogP contribution in [0.2, 0.25) is 0 Å². The maximum Gasteiger partial charge on any atom is 0.123 e. The van der Waals surface area contributed by atoms with E-state index in [0.717, 1.165) is 24.2 Å². The fourth-order valence-electron chi connectivity index (χ4n) is 3.24. The summed E-state index contributed by atoms with van der Waals surface area (Å²) in [6.45, 7) is 11.2. The molecule has 1 fully saturated rings. The summed E-state index contributed by atoms with van der Waals surface area (Å²) in [6, 6.07) is 4.85. The molecule has 112 valence electrons. The SMILES string of the molecule is CC1(C)CN(Cc2cc(F)ccc2CN)CC(C)(C)O1. The summed E-state index contributed by atoms with van der Waals surface area (Å²) in [6.07, 6.45) is 0. The van der Waals surface area contributed by atoms with Crippen molar-refractivity contribution in [2.45, 2.75) is 52.0 Å². The van der Waals surface area contributed by atoms with Crippen molar-refractivity contribution in [2.75, 3.05) is 13.1 Å². The van der Waals surface area contributed by atoms with Crippen LogP contribution in [-0.2, 0) is 17.8 Å². The van der Waals surface area contributed by atoms with Crippen LogP contribution in [0.3, 0.4) is 0 Å². The fourth-order valence-corrected chi connectivity index (χ4v) is 3.24. The highest BCUT2D eigenvalue weighted by molar-refractivity contribution is 5.28. The second-order valence-electron chi connectivity index (χ2n) is 6.88. The van der Waals surface area contributed by atoms with Crippen LogP contribution in [0.25, 0.3) is 0 Å². The number of morpholine rings is 1. The predicted molar refractivity (Wildman–Crippen MR) is 78.8 cm³/mol. The smallest absolute Gasteiger partial charge is 0.123 e. The van der Waals surface area contributed by atoms with Gasteiger partial charge in [0, 0.05) is 26.2 Å². The number of hydrogen-bond acceptors (Lipinski definition) is 3. The number of benzene rings is 1. The lowest BCUT2D eigenvalue weighted by Crippen LogP contribution is -2.56. The Morgan fingerprint density at radius 1 is 1.15 bits per heavy atom. The standard InChI is InChI=1S/C16H25FN2O/c1-15(2)10-19(11-16(3,4)20-15)9-13-7-14(17)6-5-12(13)8-18/h5-7H,8-11,18H2,1-4H3. The van der Waals surface area contributed by atoms with E-state index < -0.39 is 0 Å². The highest BCUT2D eigenvalue weighted by atomic mass is 19.1. The highest BCUT2D eigenvalue weighted by Gasteiger charge is 2.38. The van der Waals surface area contributed by atoms with E-state index in [4.69, 9.17) is 10.5 Å². The molecule has 1 aliphatic rings. The summed E-state index contributed by atoms with van der Waals surface area (Å²) >= 11 is 0. The van der Waals surface area contributed by atoms with Crippen molar-refractivity contribution in [3.05, 3.63) is 35.1 Å². The average Bonchev–Trinajstić information content (AvgIpc) is 2.24. The average molecular weight is 280 g/mol. The number of hydrogen-bond donors (Lipinski definition) is 1. The molecule has 0 radical (unpaired) electrons. The third kappa shape index (κ3) is 3.78. The third-order valence-corrected chi connectivity index (χ3v) is 3.54. The van der Waals surface area contributed by atoms with Crippen LogP contribution in [0.5, 0.6) is 0 Å². The quantitative estimate of drug-likeness (QED) is 0.925.